The molecule has 2 aliphatic heterocycles. The second-order valence-electron chi connectivity index (χ2n) is 8.97. The van der Waals surface area contributed by atoms with E-state index in [2.05, 4.69) is 34.3 Å². The second-order valence-corrected chi connectivity index (χ2v) is 8.97. The first kappa shape index (κ1) is 23.4. The zero-order valence-corrected chi connectivity index (χ0v) is 18.4. The van der Waals surface area contributed by atoms with Crippen LogP contribution in [0.15, 0.2) is 0 Å². The third-order valence-corrected chi connectivity index (χ3v) is 6.47. The zero-order chi connectivity index (χ0) is 19.2. The van der Waals surface area contributed by atoms with Crippen molar-refractivity contribution in [3.8, 4) is 0 Å². The van der Waals surface area contributed by atoms with Crippen LogP contribution in [0.5, 0.6) is 0 Å². The summed E-state index contributed by atoms with van der Waals surface area (Å²) in [4.78, 5) is 29.7. The first-order valence-electron chi connectivity index (χ1n) is 11.1. The molecule has 0 radical (unpaired) electrons. The Bertz CT molecular complexity index is 505. The lowest BCUT2D eigenvalue weighted by atomic mass is 9.97. The van der Waals surface area contributed by atoms with Crippen LogP contribution in [0.4, 0.5) is 0 Å². The molecule has 1 saturated carbocycles. The van der Waals surface area contributed by atoms with E-state index in [1.807, 2.05) is 0 Å². The third kappa shape index (κ3) is 6.33. The Kier molecular flexibility index (Phi) is 9.51. The smallest absolute Gasteiger partial charge is 0.237 e. The number of hydrogen-bond acceptors (Lipinski definition) is 4. The van der Waals surface area contributed by atoms with E-state index in [1.54, 1.807) is 0 Å². The number of rotatable bonds is 7. The highest BCUT2D eigenvalue weighted by molar-refractivity contribution is 5.85. The normalized spacial score (nSPS) is 26.2. The minimum atomic E-state index is -0.00252. The van der Waals surface area contributed by atoms with Crippen molar-refractivity contribution in [3.05, 3.63) is 0 Å². The lowest BCUT2D eigenvalue weighted by molar-refractivity contribution is -0.137. The van der Waals surface area contributed by atoms with Crippen molar-refractivity contribution in [1.82, 2.24) is 20.4 Å². The average molecular weight is 415 g/mol. The number of carbonyl (C=O) groups is 2. The van der Waals surface area contributed by atoms with Crippen LogP contribution in [0.25, 0.3) is 0 Å². The molecule has 3 fully saturated rings. The molecule has 3 aliphatic rings. The highest BCUT2D eigenvalue weighted by Crippen LogP contribution is 2.26. The summed E-state index contributed by atoms with van der Waals surface area (Å²) in [5.74, 6) is 0.889. The van der Waals surface area contributed by atoms with Gasteiger partial charge in [0.1, 0.15) is 0 Å². The minimum absolute atomic E-state index is 0. The fourth-order valence-corrected chi connectivity index (χ4v) is 5.11. The Morgan fingerprint density at radius 1 is 1.11 bits per heavy atom. The molecule has 0 aromatic carbocycles. The van der Waals surface area contributed by atoms with Gasteiger partial charge in [-0.2, -0.15) is 0 Å². The molecule has 2 unspecified atom stereocenters. The van der Waals surface area contributed by atoms with E-state index in [4.69, 9.17) is 0 Å². The predicted octanol–water partition coefficient (Wildman–Crippen LogP) is 2.17. The summed E-state index contributed by atoms with van der Waals surface area (Å²) < 4.78 is 0. The maximum Gasteiger partial charge on any atom is 0.237 e. The van der Waals surface area contributed by atoms with Gasteiger partial charge in [0.2, 0.25) is 11.8 Å². The number of halogens is 1. The maximum absolute atomic E-state index is 13.0. The summed E-state index contributed by atoms with van der Waals surface area (Å²) >= 11 is 0. The number of hydrogen-bond donors (Lipinski definition) is 2. The van der Waals surface area contributed by atoms with Gasteiger partial charge in [-0.15, -0.1) is 12.4 Å². The minimum Gasteiger partial charge on any atom is -0.354 e. The molecule has 6 nitrogen and oxygen atoms in total. The molecule has 162 valence electrons. The van der Waals surface area contributed by atoms with E-state index in [1.165, 1.54) is 12.8 Å². The molecule has 2 saturated heterocycles. The van der Waals surface area contributed by atoms with E-state index < -0.39 is 0 Å². The Morgan fingerprint density at radius 3 is 2.50 bits per heavy atom. The van der Waals surface area contributed by atoms with Crippen molar-refractivity contribution < 1.29 is 9.59 Å². The van der Waals surface area contributed by atoms with Crippen molar-refractivity contribution in [3.63, 3.8) is 0 Å². The van der Waals surface area contributed by atoms with Crippen LogP contribution >= 0.6 is 12.4 Å². The van der Waals surface area contributed by atoms with Crippen LogP contribution < -0.4 is 10.6 Å². The van der Waals surface area contributed by atoms with E-state index in [0.29, 0.717) is 18.5 Å². The van der Waals surface area contributed by atoms with Crippen LogP contribution in [0.3, 0.4) is 0 Å². The number of likely N-dealkylation sites (tertiary alicyclic amines) is 1. The van der Waals surface area contributed by atoms with Gasteiger partial charge in [0.15, 0.2) is 0 Å². The molecule has 1 aliphatic carbocycles. The zero-order valence-electron chi connectivity index (χ0n) is 17.6. The molecule has 2 amide bonds. The van der Waals surface area contributed by atoms with E-state index >= 15 is 0 Å². The molecule has 0 aromatic rings. The van der Waals surface area contributed by atoms with Gasteiger partial charge >= 0.3 is 0 Å². The summed E-state index contributed by atoms with van der Waals surface area (Å²) in [5.41, 5.74) is 0. The monoisotopic (exact) mass is 414 g/mol. The van der Waals surface area contributed by atoms with Gasteiger partial charge < -0.3 is 15.5 Å². The SMILES string of the molecule is CC(C)N(C(=O)CN1CCCC(CNC(=O)C2CCCN2)C1)C1CCCC1.Cl. The molecular formula is C21H39ClN4O2. The third-order valence-electron chi connectivity index (χ3n) is 6.47. The van der Waals surface area contributed by atoms with Crippen molar-refractivity contribution >= 4 is 24.2 Å². The Hall–Kier alpha value is -0.850. The van der Waals surface area contributed by atoms with E-state index in [0.717, 1.165) is 64.7 Å². The van der Waals surface area contributed by atoms with Gasteiger partial charge in [-0.05, 0) is 71.4 Å². The number of amides is 2. The largest absolute Gasteiger partial charge is 0.354 e. The molecule has 2 N–H and O–H groups in total. The van der Waals surface area contributed by atoms with Crippen LogP contribution in [-0.2, 0) is 9.59 Å². The van der Waals surface area contributed by atoms with Gasteiger partial charge in [-0.25, -0.2) is 0 Å². The Balaban J connectivity index is 0.00000280. The Labute approximate surface area is 176 Å². The molecule has 2 heterocycles. The topological polar surface area (TPSA) is 64.7 Å². The molecule has 0 bridgehead atoms. The van der Waals surface area contributed by atoms with Crippen molar-refractivity contribution in [2.24, 2.45) is 5.92 Å². The number of carbonyl (C=O) groups excluding carboxylic acids is 2. The Morgan fingerprint density at radius 2 is 1.86 bits per heavy atom. The number of nitrogens with one attached hydrogen (secondary N) is 2. The fraction of sp³-hybridized carbons (Fsp3) is 0.905. The standard InChI is InChI=1S/C21H38N4O2.ClH/c1-16(2)25(18-8-3-4-9-18)20(26)15-24-12-6-7-17(14-24)13-23-21(27)19-10-5-11-22-19;/h16-19,22H,3-15H2,1-2H3,(H,23,27);1H. The highest BCUT2D eigenvalue weighted by atomic mass is 35.5. The van der Waals surface area contributed by atoms with Gasteiger partial charge in [0.25, 0.3) is 0 Å². The van der Waals surface area contributed by atoms with E-state index in [-0.39, 0.29) is 36.3 Å². The number of piperidine rings is 1. The first-order chi connectivity index (χ1) is 13.0. The molecule has 2 atom stereocenters. The average Bonchev–Trinajstić information content (AvgIpc) is 3.34. The summed E-state index contributed by atoms with van der Waals surface area (Å²) in [6.45, 7) is 8.41. The van der Waals surface area contributed by atoms with Crippen LogP contribution in [0.2, 0.25) is 0 Å². The summed E-state index contributed by atoms with van der Waals surface area (Å²) in [7, 11) is 0. The quantitative estimate of drug-likeness (QED) is 0.670. The lowest BCUT2D eigenvalue weighted by Gasteiger charge is -2.37. The molecule has 0 aromatic heterocycles. The van der Waals surface area contributed by atoms with Gasteiger partial charge in [-0.1, -0.05) is 12.8 Å². The van der Waals surface area contributed by atoms with Crippen molar-refractivity contribution in [1.29, 1.82) is 0 Å². The highest BCUT2D eigenvalue weighted by Gasteiger charge is 2.31. The van der Waals surface area contributed by atoms with Gasteiger partial charge in [0, 0.05) is 25.2 Å². The first-order valence-corrected chi connectivity index (χ1v) is 11.1. The predicted molar refractivity (Wildman–Crippen MR) is 115 cm³/mol. The molecule has 28 heavy (non-hydrogen) atoms. The molecular weight excluding hydrogens is 376 g/mol. The van der Waals surface area contributed by atoms with E-state index in [9.17, 15) is 9.59 Å². The van der Waals surface area contributed by atoms with Crippen molar-refractivity contribution in [2.75, 3.05) is 32.7 Å². The molecule has 3 rings (SSSR count). The fourth-order valence-electron chi connectivity index (χ4n) is 5.11. The molecule has 0 spiro atoms. The summed E-state index contributed by atoms with van der Waals surface area (Å²) in [6, 6.07) is 0.716. The van der Waals surface area contributed by atoms with Gasteiger partial charge in [0.05, 0.1) is 12.6 Å². The number of nitrogens with zero attached hydrogens (tertiary/aromatic N) is 2. The van der Waals surface area contributed by atoms with Gasteiger partial charge in [-0.3, -0.25) is 14.5 Å². The summed E-state index contributed by atoms with van der Waals surface area (Å²) in [5, 5.41) is 6.39. The van der Waals surface area contributed by atoms with Crippen LogP contribution in [-0.4, -0.2) is 72.5 Å². The van der Waals surface area contributed by atoms with Crippen LogP contribution in [0, 0.1) is 5.92 Å². The van der Waals surface area contributed by atoms with Crippen molar-refractivity contribution in [2.45, 2.75) is 83.3 Å². The molecule has 7 heteroatoms. The maximum atomic E-state index is 13.0. The van der Waals surface area contributed by atoms with Crippen LogP contribution in [0.1, 0.15) is 65.2 Å². The summed E-state index contributed by atoms with van der Waals surface area (Å²) in [6.07, 6.45) is 9.11. The lowest BCUT2D eigenvalue weighted by Crippen LogP contribution is -2.51. The second kappa shape index (κ2) is 11.4.